The molecule has 16 heavy (non-hydrogen) atoms. The molecule has 0 spiro atoms. The normalized spacial score (nSPS) is 11.1. The number of nitrogens with zero attached hydrogens (tertiary/aromatic N) is 4. The minimum atomic E-state index is 0.624. The third-order valence-corrected chi connectivity index (χ3v) is 3.39. The first-order valence-electron chi connectivity index (χ1n) is 4.75. The van der Waals surface area contributed by atoms with Gasteiger partial charge in [0.05, 0.1) is 11.8 Å². The minimum absolute atomic E-state index is 0.624. The van der Waals surface area contributed by atoms with Crippen molar-refractivity contribution in [3.8, 4) is 10.6 Å². The van der Waals surface area contributed by atoms with E-state index in [0.29, 0.717) is 5.82 Å². The highest BCUT2D eigenvalue weighted by atomic mass is 32.1. The van der Waals surface area contributed by atoms with Crippen LogP contribution >= 0.6 is 11.3 Å². The molecule has 0 aliphatic rings. The van der Waals surface area contributed by atoms with E-state index in [-0.39, 0.29) is 0 Å². The summed E-state index contributed by atoms with van der Waals surface area (Å²) in [5, 5.41) is 4.96. The first-order valence-corrected chi connectivity index (χ1v) is 5.57. The van der Waals surface area contributed by atoms with Crippen molar-refractivity contribution in [2.75, 3.05) is 5.73 Å². The number of fused-ring (bicyclic) bond motifs is 1. The van der Waals surface area contributed by atoms with Gasteiger partial charge >= 0.3 is 0 Å². The molecular formula is C10H9N5S. The summed E-state index contributed by atoms with van der Waals surface area (Å²) < 4.78 is 1.63. The second-order valence-corrected chi connectivity index (χ2v) is 4.39. The second kappa shape index (κ2) is 3.28. The number of anilines is 1. The Hall–Kier alpha value is -1.95. The third kappa shape index (κ3) is 1.27. The molecule has 0 aromatic carbocycles. The highest BCUT2D eigenvalue weighted by Crippen LogP contribution is 2.31. The van der Waals surface area contributed by atoms with E-state index >= 15 is 0 Å². The predicted octanol–water partition coefficient (Wildman–Crippen LogP) is 1.67. The molecule has 3 heterocycles. The van der Waals surface area contributed by atoms with Gasteiger partial charge in [-0.15, -0.1) is 0 Å². The number of aromatic nitrogens is 4. The van der Waals surface area contributed by atoms with Crippen LogP contribution in [0.4, 0.5) is 5.82 Å². The van der Waals surface area contributed by atoms with Crippen molar-refractivity contribution in [2.45, 2.75) is 0 Å². The zero-order valence-electron chi connectivity index (χ0n) is 8.58. The van der Waals surface area contributed by atoms with Crippen LogP contribution in [0.1, 0.15) is 0 Å². The molecule has 0 bridgehead atoms. The van der Waals surface area contributed by atoms with Crippen LogP contribution in [0.15, 0.2) is 24.5 Å². The van der Waals surface area contributed by atoms with E-state index in [9.17, 15) is 0 Å². The van der Waals surface area contributed by atoms with E-state index in [0.717, 1.165) is 20.9 Å². The summed E-state index contributed by atoms with van der Waals surface area (Å²) in [6.45, 7) is 0. The van der Waals surface area contributed by atoms with Gasteiger partial charge in [0, 0.05) is 13.2 Å². The molecule has 3 aromatic heterocycles. The summed E-state index contributed by atoms with van der Waals surface area (Å²) in [6, 6.07) is 3.81. The molecule has 0 saturated heterocycles. The van der Waals surface area contributed by atoms with Crippen LogP contribution in [-0.4, -0.2) is 19.7 Å². The average molecular weight is 231 g/mol. The average Bonchev–Trinajstić information content (AvgIpc) is 2.84. The molecule has 0 amide bonds. The predicted molar refractivity (Wildman–Crippen MR) is 64.0 cm³/mol. The van der Waals surface area contributed by atoms with Gasteiger partial charge in [-0.3, -0.25) is 4.68 Å². The van der Waals surface area contributed by atoms with Gasteiger partial charge in [-0.25, -0.2) is 9.97 Å². The summed E-state index contributed by atoms with van der Waals surface area (Å²) in [5.74, 6) is 0.624. The van der Waals surface area contributed by atoms with Crippen LogP contribution in [0.2, 0.25) is 0 Å². The van der Waals surface area contributed by atoms with E-state index in [1.807, 2.05) is 19.2 Å². The lowest BCUT2D eigenvalue weighted by molar-refractivity contribution is 0.779. The fourth-order valence-corrected chi connectivity index (χ4v) is 2.42. The van der Waals surface area contributed by atoms with Crippen molar-refractivity contribution in [1.29, 1.82) is 0 Å². The van der Waals surface area contributed by atoms with Crippen LogP contribution in [-0.2, 0) is 7.05 Å². The van der Waals surface area contributed by atoms with Crippen molar-refractivity contribution in [1.82, 2.24) is 19.7 Å². The standard InChI is InChI=1S/C10H9N5S/c1-15-8(11)6(5-13-15)9-14-7-3-2-4-12-10(7)16-9/h2-5H,11H2,1H3. The smallest absolute Gasteiger partial charge is 0.143 e. The van der Waals surface area contributed by atoms with Gasteiger partial charge in [-0.2, -0.15) is 5.10 Å². The van der Waals surface area contributed by atoms with Crippen LogP contribution < -0.4 is 5.73 Å². The van der Waals surface area contributed by atoms with E-state index in [1.54, 1.807) is 17.1 Å². The zero-order valence-corrected chi connectivity index (χ0v) is 9.40. The van der Waals surface area contributed by atoms with Crippen LogP contribution in [0.5, 0.6) is 0 Å². The molecule has 0 unspecified atom stereocenters. The molecule has 3 rings (SSSR count). The Bertz CT molecular complexity index is 621. The highest BCUT2D eigenvalue weighted by Gasteiger charge is 2.12. The van der Waals surface area contributed by atoms with Gasteiger partial charge in [0.2, 0.25) is 0 Å². The molecular weight excluding hydrogens is 222 g/mol. The number of nitrogen functional groups attached to an aromatic ring is 1. The van der Waals surface area contributed by atoms with Gasteiger partial charge in [0.15, 0.2) is 0 Å². The molecule has 0 saturated carbocycles. The quantitative estimate of drug-likeness (QED) is 0.691. The van der Waals surface area contributed by atoms with E-state index < -0.39 is 0 Å². The molecule has 3 aromatic rings. The Morgan fingerprint density at radius 2 is 2.31 bits per heavy atom. The molecule has 0 radical (unpaired) electrons. The number of rotatable bonds is 1. The lowest BCUT2D eigenvalue weighted by atomic mass is 10.3. The SMILES string of the molecule is Cn1ncc(-c2nc3cccnc3s2)c1N. The van der Waals surface area contributed by atoms with E-state index in [1.165, 1.54) is 11.3 Å². The van der Waals surface area contributed by atoms with Gasteiger partial charge in [0.25, 0.3) is 0 Å². The zero-order chi connectivity index (χ0) is 11.1. The van der Waals surface area contributed by atoms with Crippen molar-refractivity contribution in [3.05, 3.63) is 24.5 Å². The van der Waals surface area contributed by atoms with Crippen LogP contribution in [0.3, 0.4) is 0 Å². The Balaban J connectivity index is 2.23. The van der Waals surface area contributed by atoms with Gasteiger partial charge in [-0.05, 0) is 12.1 Å². The number of nitrogens with two attached hydrogens (primary N) is 1. The van der Waals surface area contributed by atoms with Gasteiger partial charge < -0.3 is 5.73 Å². The number of hydrogen-bond donors (Lipinski definition) is 1. The number of thiazole rings is 1. The lowest BCUT2D eigenvalue weighted by Crippen LogP contribution is -1.97. The molecule has 80 valence electrons. The molecule has 5 nitrogen and oxygen atoms in total. The minimum Gasteiger partial charge on any atom is -0.383 e. The maximum atomic E-state index is 5.90. The van der Waals surface area contributed by atoms with Crippen molar-refractivity contribution < 1.29 is 0 Å². The molecule has 6 heteroatoms. The van der Waals surface area contributed by atoms with Gasteiger partial charge in [0.1, 0.15) is 21.2 Å². The second-order valence-electron chi connectivity index (χ2n) is 3.41. The molecule has 0 atom stereocenters. The topological polar surface area (TPSA) is 69.6 Å². The maximum Gasteiger partial charge on any atom is 0.143 e. The van der Waals surface area contributed by atoms with E-state index in [4.69, 9.17) is 5.73 Å². The first-order chi connectivity index (χ1) is 7.75. The summed E-state index contributed by atoms with van der Waals surface area (Å²) in [7, 11) is 1.81. The highest BCUT2D eigenvalue weighted by molar-refractivity contribution is 7.21. The van der Waals surface area contributed by atoms with Crippen molar-refractivity contribution in [2.24, 2.45) is 7.05 Å². The lowest BCUT2D eigenvalue weighted by Gasteiger charge is -1.94. The molecule has 0 aliphatic heterocycles. The summed E-state index contributed by atoms with van der Waals surface area (Å²) in [6.07, 6.45) is 3.49. The molecule has 0 aliphatic carbocycles. The maximum absolute atomic E-state index is 5.90. The van der Waals surface area contributed by atoms with Crippen LogP contribution in [0, 0.1) is 0 Å². The van der Waals surface area contributed by atoms with E-state index in [2.05, 4.69) is 15.1 Å². The van der Waals surface area contributed by atoms with Crippen LogP contribution in [0.25, 0.3) is 20.9 Å². The monoisotopic (exact) mass is 231 g/mol. The largest absolute Gasteiger partial charge is 0.383 e. The Morgan fingerprint density at radius 1 is 1.44 bits per heavy atom. The Morgan fingerprint density at radius 3 is 3.00 bits per heavy atom. The molecule has 0 fully saturated rings. The Labute approximate surface area is 95.6 Å². The summed E-state index contributed by atoms with van der Waals surface area (Å²) >= 11 is 1.52. The van der Waals surface area contributed by atoms with Crippen molar-refractivity contribution in [3.63, 3.8) is 0 Å². The van der Waals surface area contributed by atoms with Crippen molar-refractivity contribution >= 4 is 27.5 Å². The first kappa shape index (κ1) is 9.29. The number of pyridine rings is 1. The number of hydrogen-bond acceptors (Lipinski definition) is 5. The Kier molecular flexibility index (Phi) is 1.90. The third-order valence-electron chi connectivity index (χ3n) is 2.38. The number of aryl methyl sites for hydroxylation is 1. The fraction of sp³-hybridized carbons (Fsp3) is 0.100. The summed E-state index contributed by atoms with van der Waals surface area (Å²) in [4.78, 5) is 9.65. The fourth-order valence-electron chi connectivity index (χ4n) is 1.50. The van der Waals surface area contributed by atoms with Gasteiger partial charge in [-0.1, -0.05) is 11.3 Å². The summed E-state index contributed by atoms with van der Waals surface area (Å²) in [5.41, 5.74) is 7.66. The molecule has 2 N–H and O–H groups in total.